The molecule has 2 aromatic rings. The van der Waals surface area contributed by atoms with Gasteiger partial charge in [-0.1, -0.05) is 44.2 Å². The van der Waals surface area contributed by atoms with Crippen molar-refractivity contribution in [3.05, 3.63) is 42.5 Å². The lowest BCUT2D eigenvalue weighted by molar-refractivity contribution is 0.216. The molecule has 0 aliphatic rings. The normalized spacial score (nSPS) is 12.8. The predicted octanol–water partition coefficient (Wildman–Crippen LogP) is 3.85. The molecule has 0 saturated carbocycles. The number of fused-ring (bicyclic) bond motifs is 1. The Morgan fingerprint density at radius 3 is 2.42 bits per heavy atom. The molecular formula is C17H23NO. The Balaban J connectivity index is 1.93. The number of ether oxygens (including phenoxy) is 1. The van der Waals surface area contributed by atoms with Gasteiger partial charge in [-0.15, -0.1) is 0 Å². The molecule has 102 valence electrons. The molecule has 0 fully saturated rings. The van der Waals surface area contributed by atoms with Gasteiger partial charge < -0.3 is 10.1 Å². The number of rotatable bonds is 6. The molecule has 0 radical (unpaired) electrons. The van der Waals surface area contributed by atoms with Gasteiger partial charge in [-0.25, -0.2) is 0 Å². The number of hydrogen-bond acceptors (Lipinski definition) is 2. The molecule has 0 saturated heterocycles. The van der Waals surface area contributed by atoms with Gasteiger partial charge in [-0.2, -0.15) is 0 Å². The van der Waals surface area contributed by atoms with Gasteiger partial charge in [0.1, 0.15) is 11.9 Å². The second kappa shape index (κ2) is 6.58. The maximum atomic E-state index is 5.94. The lowest BCUT2D eigenvalue weighted by atomic mass is 10.1. The van der Waals surface area contributed by atoms with Crippen molar-refractivity contribution in [1.82, 2.24) is 5.32 Å². The molecule has 1 unspecified atom stereocenters. The van der Waals surface area contributed by atoms with Crippen molar-refractivity contribution in [3.8, 4) is 5.75 Å². The SMILES string of the molecule is CC(C)CNCC(C)Oc1ccc2ccccc2c1. The fourth-order valence-electron chi connectivity index (χ4n) is 2.09. The van der Waals surface area contributed by atoms with E-state index < -0.39 is 0 Å². The molecule has 0 aromatic heterocycles. The van der Waals surface area contributed by atoms with Crippen molar-refractivity contribution in [1.29, 1.82) is 0 Å². The van der Waals surface area contributed by atoms with Crippen LogP contribution < -0.4 is 10.1 Å². The van der Waals surface area contributed by atoms with Crippen LogP contribution in [-0.4, -0.2) is 19.2 Å². The predicted molar refractivity (Wildman–Crippen MR) is 81.7 cm³/mol. The van der Waals surface area contributed by atoms with E-state index in [9.17, 15) is 0 Å². The van der Waals surface area contributed by atoms with Gasteiger partial charge in [0.05, 0.1) is 0 Å². The van der Waals surface area contributed by atoms with Crippen LogP contribution in [0.4, 0.5) is 0 Å². The summed E-state index contributed by atoms with van der Waals surface area (Å²) in [6.07, 6.45) is 0.180. The van der Waals surface area contributed by atoms with E-state index in [1.165, 1.54) is 10.8 Å². The Bertz CT molecular complexity index is 521. The van der Waals surface area contributed by atoms with Gasteiger partial charge in [-0.05, 0) is 42.3 Å². The van der Waals surface area contributed by atoms with Gasteiger partial charge in [0.2, 0.25) is 0 Å². The zero-order valence-electron chi connectivity index (χ0n) is 12.0. The smallest absolute Gasteiger partial charge is 0.120 e. The molecule has 0 bridgehead atoms. The molecule has 2 heteroatoms. The van der Waals surface area contributed by atoms with E-state index in [1.807, 2.05) is 6.07 Å². The molecule has 19 heavy (non-hydrogen) atoms. The first-order valence-electron chi connectivity index (χ1n) is 7.01. The van der Waals surface area contributed by atoms with Crippen LogP contribution in [-0.2, 0) is 0 Å². The number of nitrogens with one attached hydrogen (secondary N) is 1. The first-order chi connectivity index (χ1) is 9.15. The van der Waals surface area contributed by atoms with Gasteiger partial charge in [0.15, 0.2) is 0 Å². The standard InChI is InChI=1S/C17H23NO/c1-13(2)11-18-12-14(3)19-17-9-8-15-6-4-5-7-16(15)10-17/h4-10,13-14,18H,11-12H2,1-3H3. The summed E-state index contributed by atoms with van der Waals surface area (Å²) in [4.78, 5) is 0. The lowest BCUT2D eigenvalue weighted by Crippen LogP contribution is -2.31. The zero-order valence-corrected chi connectivity index (χ0v) is 12.0. The summed E-state index contributed by atoms with van der Waals surface area (Å²) in [7, 11) is 0. The highest BCUT2D eigenvalue weighted by molar-refractivity contribution is 5.83. The highest BCUT2D eigenvalue weighted by Crippen LogP contribution is 2.21. The Kier molecular flexibility index (Phi) is 4.80. The third-order valence-corrected chi connectivity index (χ3v) is 3.04. The summed E-state index contributed by atoms with van der Waals surface area (Å²) in [5.74, 6) is 1.62. The summed E-state index contributed by atoms with van der Waals surface area (Å²) in [6.45, 7) is 8.43. The van der Waals surface area contributed by atoms with Crippen LogP contribution in [0.3, 0.4) is 0 Å². The molecular weight excluding hydrogens is 234 g/mol. The Morgan fingerprint density at radius 1 is 0.947 bits per heavy atom. The third kappa shape index (κ3) is 4.25. The Labute approximate surface area is 115 Å². The fourth-order valence-corrected chi connectivity index (χ4v) is 2.09. The van der Waals surface area contributed by atoms with Crippen LogP contribution in [0, 0.1) is 5.92 Å². The average molecular weight is 257 g/mol. The van der Waals surface area contributed by atoms with Gasteiger partial charge in [-0.3, -0.25) is 0 Å². The maximum absolute atomic E-state index is 5.94. The van der Waals surface area contributed by atoms with E-state index in [0.717, 1.165) is 18.8 Å². The second-order valence-corrected chi connectivity index (χ2v) is 5.49. The largest absolute Gasteiger partial charge is 0.489 e. The average Bonchev–Trinajstić information content (AvgIpc) is 2.38. The summed E-state index contributed by atoms with van der Waals surface area (Å²) in [5, 5.41) is 5.89. The van der Waals surface area contributed by atoms with Crippen molar-refractivity contribution in [3.63, 3.8) is 0 Å². The maximum Gasteiger partial charge on any atom is 0.120 e. The highest BCUT2D eigenvalue weighted by Gasteiger charge is 2.04. The molecule has 2 aromatic carbocycles. The fraction of sp³-hybridized carbons (Fsp3) is 0.412. The van der Waals surface area contributed by atoms with E-state index in [1.54, 1.807) is 0 Å². The second-order valence-electron chi connectivity index (χ2n) is 5.49. The molecule has 0 aliphatic heterocycles. The summed E-state index contributed by atoms with van der Waals surface area (Å²) >= 11 is 0. The molecule has 0 amide bonds. The zero-order chi connectivity index (χ0) is 13.7. The third-order valence-electron chi connectivity index (χ3n) is 3.04. The van der Waals surface area contributed by atoms with Crippen molar-refractivity contribution >= 4 is 10.8 Å². The monoisotopic (exact) mass is 257 g/mol. The minimum atomic E-state index is 0.180. The van der Waals surface area contributed by atoms with Gasteiger partial charge in [0, 0.05) is 6.54 Å². The van der Waals surface area contributed by atoms with Gasteiger partial charge >= 0.3 is 0 Å². The number of hydrogen-bond donors (Lipinski definition) is 1. The van der Waals surface area contributed by atoms with E-state index in [-0.39, 0.29) is 6.10 Å². The summed E-state index contributed by atoms with van der Waals surface area (Å²) in [6, 6.07) is 14.6. The van der Waals surface area contributed by atoms with E-state index >= 15 is 0 Å². The van der Waals surface area contributed by atoms with Crippen LogP contribution in [0.15, 0.2) is 42.5 Å². The molecule has 1 atom stereocenters. The summed E-state index contributed by atoms with van der Waals surface area (Å²) in [5.41, 5.74) is 0. The highest BCUT2D eigenvalue weighted by atomic mass is 16.5. The molecule has 2 nitrogen and oxygen atoms in total. The molecule has 0 heterocycles. The van der Waals surface area contributed by atoms with Crippen LogP contribution in [0.2, 0.25) is 0 Å². The van der Waals surface area contributed by atoms with Crippen LogP contribution in [0.5, 0.6) is 5.75 Å². The Morgan fingerprint density at radius 2 is 1.68 bits per heavy atom. The molecule has 1 N–H and O–H groups in total. The minimum absolute atomic E-state index is 0.180. The minimum Gasteiger partial charge on any atom is -0.489 e. The van der Waals surface area contributed by atoms with Crippen molar-refractivity contribution in [2.24, 2.45) is 5.92 Å². The van der Waals surface area contributed by atoms with Crippen molar-refractivity contribution < 1.29 is 4.74 Å². The van der Waals surface area contributed by atoms with E-state index in [0.29, 0.717) is 5.92 Å². The Hall–Kier alpha value is -1.54. The summed E-state index contributed by atoms with van der Waals surface area (Å²) < 4.78 is 5.94. The quantitative estimate of drug-likeness (QED) is 0.848. The first-order valence-corrected chi connectivity index (χ1v) is 7.01. The van der Waals surface area contributed by atoms with E-state index in [4.69, 9.17) is 4.74 Å². The first kappa shape index (κ1) is 13.9. The van der Waals surface area contributed by atoms with Gasteiger partial charge in [0.25, 0.3) is 0 Å². The molecule has 2 rings (SSSR count). The van der Waals surface area contributed by atoms with Crippen LogP contribution >= 0.6 is 0 Å². The number of benzene rings is 2. The van der Waals surface area contributed by atoms with E-state index in [2.05, 4.69) is 62.5 Å². The topological polar surface area (TPSA) is 21.3 Å². The van der Waals surface area contributed by atoms with Crippen LogP contribution in [0.1, 0.15) is 20.8 Å². The van der Waals surface area contributed by atoms with Crippen molar-refractivity contribution in [2.45, 2.75) is 26.9 Å². The van der Waals surface area contributed by atoms with Crippen LogP contribution in [0.25, 0.3) is 10.8 Å². The lowest BCUT2D eigenvalue weighted by Gasteiger charge is -2.16. The van der Waals surface area contributed by atoms with Crippen molar-refractivity contribution in [2.75, 3.05) is 13.1 Å². The molecule has 0 spiro atoms. The molecule has 0 aliphatic carbocycles.